The zero-order chi connectivity index (χ0) is 16.8. The van der Waals surface area contributed by atoms with Crippen LogP contribution >= 0.6 is 23.2 Å². The van der Waals surface area contributed by atoms with E-state index in [0.717, 1.165) is 23.2 Å². The Labute approximate surface area is 150 Å². The lowest BCUT2D eigenvalue weighted by Gasteiger charge is -2.38. The first kappa shape index (κ1) is 15.7. The standard InChI is InChI=1S/C19H17Cl2NO2/c1-24-17-7-10(5-6-16(17)23)18-13-4-2-3-12(13)14-8-11(20)9-15(21)19(14)22-18/h2-3,5-9,12-13,18,22-23H,4H2,1H3. The molecule has 124 valence electrons. The summed E-state index contributed by atoms with van der Waals surface area (Å²) in [5.41, 5.74) is 3.15. The number of methoxy groups -OCH3 is 1. The molecule has 0 aromatic heterocycles. The van der Waals surface area contributed by atoms with Crippen molar-refractivity contribution < 1.29 is 9.84 Å². The third-order valence-corrected chi connectivity index (χ3v) is 5.46. The highest BCUT2D eigenvalue weighted by Gasteiger charge is 2.39. The Bertz CT molecular complexity index is 834. The second-order valence-electron chi connectivity index (χ2n) is 6.26. The minimum atomic E-state index is 0.0886. The molecule has 1 aliphatic heterocycles. The molecule has 0 amide bonds. The summed E-state index contributed by atoms with van der Waals surface area (Å²) in [5, 5.41) is 14.7. The lowest BCUT2D eigenvalue weighted by molar-refractivity contribution is 0.370. The van der Waals surface area contributed by atoms with E-state index >= 15 is 0 Å². The Balaban J connectivity index is 1.81. The van der Waals surface area contributed by atoms with Crippen LogP contribution < -0.4 is 10.1 Å². The maximum atomic E-state index is 9.86. The third kappa shape index (κ3) is 2.43. The highest BCUT2D eigenvalue weighted by atomic mass is 35.5. The molecule has 2 aromatic rings. The molecule has 0 radical (unpaired) electrons. The number of hydrogen-bond donors (Lipinski definition) is 2. The minimum Gasteiger partial charge on any atom is -0.504 e. The smallest absolute Gasteiger partial charge is 0.160 e. The van der Waals surface area contributed by atoms with Gasteiger partial charge in [-0.25, -0.2) is 0 Å². The first-order valence-electron chi connectivity index (χ1n) is 7.87. The van der Waals surface area contributed by atoms with Crippen LogP contribution in [0.1, 0.15) is 29.5 Å². The molecule has 3 nitrogen and oxygen atoms in total. The van der Waals surface area contributed by atoms with Crippen molar-refractivity contribution in [1.82, 2.24) is 0 Å². The van der Waals surface area contributed by atoms with Crippen molar-refractivity contribution in [1.29, 1.82) is 0 Å². The topological polar surface area (TPSA) is 41.5 Å². The Morgan fingerprint density at radius 2 is 2.04 bits per heavy atom. The number of halogens is 2. The first-order chi connectivity index (χ1) is 11.6. The van der Waals surface area contributed by atoms with Gasteiger partial charge in [-0.2, -0.15) is 0 Å². The molecular formula is C19H17Cl2NO2. The number of allylic oxidation sites excluding steroid dienone is 2. The maximum Gasteiger partial charge on any atom is 0.160 e. The number of ether oxygens (including phenoxy) is 1. The Kier molecular flexibility index (Phi) is 3.86. The second-order valence-corrected chi connectivity index (χ2v) is 7.10. The van der Waals surface area contributed by atoms with Gasteiger partial charge in [0.25, 0.3) is 0 Å². The number of phenolic OH excluding ortho intramolecular Hbond substituents is 1. The van der Waals surface area contributed by atoms with Gasteiger partial charge in [0, 0.05) is 10.9 Å². The average Bonchev–Trinajstić information content (AvgIpc) is 3.05. The van der Waals surface area contributed by atoms with Gasteiger partial charge in [-0.3, -0.25) is 0 Å². The van der Waals surface area contributed by atoms with Crippen LogP contribution in [0.5, 0.6) is 11.5 Å². The lowest BCUT2D eigenvalue weighted by atomic mass is 9.77. The van der Waals surface area contributed by atoms with Gasteiger partial charge in [-0.15, -0.1) is 0 Å². The fourth-order valence-electron chi connectivity index (χ4n) is 3.84. The van der Waals surface area contributed by atoms with Crippen molar-refractivity contribution >= 4 is 28.9 Å². The predicted octanol–water partition coefficient (Wildman–Crippen LogP) is 5.53. The van der Waals surface area contributed by atoms with Gasteiger partial charge in [-0.1, -0.05) is 41.4 Å². The van der Waals surface area contributed by atoms with Crippen molar-refractivity contribution in [3.05, 3.63) is 63.7 Å². The second kappa shape index (κ2) is 5.91. The van der Waals surface area contributed by atoms with E-state index in [1.807, 2.05) is 18.2 Å². The summed E-state index contributed by atoms with van der Waals surface area (Å²) in [7, 11) is 1.56. The monoisotopic (exact) mass is 361 g/mol. The zero-order valence-electron chi connectivity index (χ0n) is 13.1. The van der Waals surface area contributed by atoms with Gasteiger partial charge in [0.05, 0.1) is 23.9 Å². The van der Waals surface area contributed by atoms with E-state index in [-0.39, 0.29) is 17.7 Å². The molecule has 2 aromatic carbocycles. The van der Waals surface area contributed by atoms with E-state index in [1.165, 1.54) is 0 Å². The largest absolute Gasteiger partial charge is 0.504 e. The predicted molar refractivity (Wildman–Crippen MR) is 97.5 cm³/mol. The normalized spacial score (nSPS) is 24.2. The van der Waals surface area contributed by atoms with Gasteiger partial charge < -0.3 is 15.2 Å². The van der Waals surface area contributed by atoms with Crippen LogP contribution in [0.3, 0.4) is 0 Å². The van der Waals surface area contributed by atoms with Crippen LogP contribution in [0.2, 0.25) is 10.0 Å². The maximum absolute atomic E-state index is 9.86. The van der Waals surface area contributed by atoms with Crippen LogP contribution in [-0.4, -0.2) is 12.2 Å². The number of hydrogen-bond acceptors (Lipinski definition) is 3. The number of fused-ring (bicyclic) bond motifs is 3. The molecule has 2 aliphatic rings. The number of aromatic hydroxyl groups is 1. The molecular weight excluding hydrogens is 345 g/mol. The molecule has 24 heavy (non-hydrogen) atoms. The molecule has 0 spiro atoms. The van der Waals surface area contributed by atoms with Crippen LogP contribution in [0.4, 0.5) is 5.69 Å². The van der Waals surface area contributed by atoms with Gasteiger partial charge in [0.1, 0.15) is 0 Å². The van der Waals surface area contributed by atoms with Crippen molar-refractivity contribution in [3.8, 4) is 11.5 Å². The molecule has 0 fully saturated rings. The van der Waals surface area contributed by atoms with E-state index in [1.54, 1.807) is 19.2 Å². The summed E-state index contributed by atoms with van der Waals surface area (Å²) in [6, 6.07) is 9.34. The Hall–Kier alpha value is -1.84. The van der Waals surface area contributed by atoms with Crippen LogP contribution in [0.25, 0.3) is 0 Å². The average molecular weight is 362 g/mol. The number of anilines is 1. The number of nitrogens with one attached hydrogen (secondary N) is 1. The molecule has 0 saturated carbocycles. The van der Waals surface area contributed by atoms with Crippen molar-refractivity contribution in [3.63, 3.8) is 0 Å². The summed E-state index contributed by atoms with van der Waals surface area (Å²) in [4.78, 5) is 0. The highest BCUT2D eigenvalue weighted by Crippen LogP contribution is 2.52. The number of benzene rings is 2. The van der Waals surface area contributed by atoms with Gasteiger partial charge in [-0.05, 0) is 47.7 Å². The molecule has 1 aliphatic carbocycles. The van der Waals surface area contributed by atoms with E-state index in [4.69, 9.17) is 27.9 Å². The number of rotatable bonds is 2. The molecule has 5 heteroatoms. The summed E-state index contributed by atoms with van der Waals surface area (Å²) in [6.45, 7) is 0. The lowest BCUT2D eigenvalue weighted by Crippen LogP contribution is -2.29. The fourth-order valence-corrected chi connectivity index (χ4v) is 4.40. The fraction of sp³-hybridized carbons (Fsp3) is 0.263. The van der Waals surface area contributed by atoms with Gasteiger partial charge in [0.2, 0.25) is 0 Å². The summed E-state index contributed by atoms with van der Waals surface area (Å²) in [5.74, 6) is 1.27. The minimum absolute atomic E-state index is 0.0886. The molecule has 0 bridgehead atoms. The number of phenols is 1. The Morgan fingerprint density at radius 1 is 1.21 bits per heavy atom. The van der Waals surface area contributed by atoms with Crippen molar-refractivity contribution in [2.45, 2.75) is 18.4 Å². The van der Waals surface area contributed by atoms with Crippen LogP contribution in [0, 0.1) is 5.92 Å². The van der Waals surface area contributed by atoms with E-state index in [0.29, 0.717) is 21.7 Å². The van der Waals surface area contributed by atoms with Gasteiger partial charge >= 0.3 is 0 Å². The van der Waals surface area contributed by atoms with Crippen LogP contribution in [0.15, 0.2) is 42.5 Å². The molecule has 4 rings (SSSR count). The molecule has 3 unspecified atom stereocenters. The summed E-state index contributed by atoms with van der Waals surface area (Å²) in [6.07, 6.45) is 5.43. The van der Waals surface area contributed by atoms with E-state index < -0.39 is 0 Å². The molecule has 3 atom stereocenters. The quantitative estimate of drug-likeness (QED) is 0.690. The summed E-state index contributed by atoms with van der Waals surface area (Å²) < 4.78 is 5.26. The van der Waals surface area contributed by atoms with Crippen molar-refractivity contribution in [2.24, 2.45) is 5.92 Å². The van der Waals surface area contributed by atoms with Crippen molar-refractivity contribution in [2.75, 3.05) is 12.4 Å². The SMILES string of the molecule is COc1cc(C2Nc3c(Cl)cc(Cl)cc3C3C=CCC32)ccc1O. The highest BCUT2D eigenvalue weighted by molar-refractivity contribution is 6.36. The van der Waals surface area contributed by atoms with E-state index in [2.05, 4.69) is 17.5 Å². The van der Waals surface area contributed by atoms with Crippen LogP contribution in [-0.2, 0) is 0 Å². The molecule has 2 N–H and O–H groups in total. The Morgan fingerprint density at radius 3 is 2.83 bits per heavy atom. The van der Waals surface area contributed by atoms with Gasteiger partial charge in [0.15, 0.2) is 11.5 Å². The third-order valence-electron chi connectivity index (χ3n) is 4.95. The summed E-state index contributed by atoms with van der Waals surface area (Å²) >= 11 is 12.6. The zero-order valence-corrected chi connectivity index (χ0v) is 14.6. The molecule has 1 heterocycles. The first-order valence-corrected chi connectivity index (χ1v) is 8.63. The van der Waals surface area contributed by atoms with E-state index in [9.17, 15) is 5.11 Å². The molecule has 0 saturated heterocycles.